The first kappa shape index (κ1) is 21.1. The molecule has 1 aliphatic rings. The number of nitrogens with zero attached hydrogens (tertiary/aromatic N) is 1. The average Bonchev–Trinajstić information content (AvgIpc) is 2.65. The standard InChI is InChI=1S/C20H26N4O4S/c1-20(2)18(25)16(24-19(21)22)14-9-6-10-15(17(14)28-20)29(26,27)23-12-11-13-7-4-3-5-8-13/h3-10,16,18,23,25H,11-12H2,1-2H3,(H4,21,22,24). The maximum atomic E-state index is 13.0. The summed E-state index contributed by atoms with van der Waals surface area (Å²) in [6.07, 6.45) is -0.502. The van der Waals surface area contributed by atoms with Crippen molar-refractivity contribution in [3.8, 4) is 5.75 Å². The molecule has 29 heavy (non-hydrogen) atoms. The fraction of sp³-hybridized carbons (Fsp3) is 0.350. The maximum absolute atomic E-state index is 13.0. The van der Waals surface area contributed by atoms with Gasteiger partial charge in [-0.25, -0.2) is 18.1 Å². The van der Waals surface area contributed by atoms with E-state index in [1.807, 2.05) is 30.3 Å². The van der Waals surface area contributed by atoms with Gasteiger partial charge in [-0.1, -0.05) is 42.5 Å². The van der Waals surface area contributed by atoms with E-state index in [2.05, 4.69) is 9.71 Å². The number of nitrogens with two attached hydrogens (primary N) is 2. The van der Waals surface area contributed by atoms with E-state index in [9.17, 15) is 13.5 Å². The smallest absolute Gasteiger partial charge is 0.244 e. The lowest BCUT2D eigenvalue weighted by Gasteiger charge is -2.41. The summed E-state index contributed by atoms with van der Waals surface area (Å²) in [5.41, 5.74) is 11.4. The van der Waals surface area contributed by atoms with Gasteiger partial charge in [0.25, 0.3) is 0 Å². The van der Waals surface area contributed by atoms with Gasteiger partial charge in [0.05, 0.1) is 0 Å². The number of guanidine groups is 1. The molecule has 2 unspecified atom stereocenters. The molecule has 2 aromatic carbocycles. The lowest BCUT2D eigenvalue weighted by atomic mass is 9.87. The number of para-hydroxylation sites is 1. The molecule has 2 aromatic rings. The summed E-state index contributed by atoms with van der Waals surface area (Å²) >= 11 is 0. The van der Waals surface area contributed by atoms with Gasteiger partial charge in [0, 0.05) is 12.1 Å². The summed E-state index contributed by atoms with van der Waals surface area (Å²) < 4.78 is 34.5. The summed E-state index contributed by atoms with van der Waals surface area (Å²) in [5, 5.41) is 10.6. The van der Waals surface area contributed by atoms with Gasteiger partial charge in [0.1, 0.15) is 28.4 Å². The second-order valence-corrected chi connectivity index (χ2v) is 9.19. The number of sulfonamides is 1. The second kappa shape index (κ2) is 8.02. The molecule has 1 aliphatic heterocycles. The number of hydrogen-bond acceptors (Lipinski definition) is 5. The molecular formula is C20H26N4O4S. The summed E-state index contributed by atoms with van der Waals surface area (Å²) in [6, 6.07) is 13.4. The normalized spacial score (nSPS) is 20.4. The minimum Gasteiger partial charge on any atom is -0.483 e. The maximum Gasteiger partial charge on any atom is 0.244 e. The first-order chi connectivity index (χ1) is 13.6. The Hall–Kier alpha value is -2.62. The van der Waals surface area contributed by atoms with Crippen molar-refractivity contribution in [3.63, 3.8) is 0 Å². The van der Waals surface area contributed by atoms with Crippen molar-refractivity contribution >= 4 is 16.0 Å². The van der Waals surface area contributed by atoms with E-state index in [0.29, 0.717) is 12.0 Å². The van der Waals surface area contributed by atoms with E-state index in [4.69, 9.17) is 16.2 Å². The van der Waals surface area contributed by atoms with Gasteiger partial charge in [-0.2, -0.15) is 0 Å². The molecular weight excluding hydrogens is 392 g/mol. The molecule has 0 saturated heterocycles. The van der Waals surface area contributed by atoms with Crippen LogP contribution in [0.5, 0.6) is 5.75 Å². The van der Waals surface area contributed by atoms with Crippen LogP contribution in [-0.2, 0) is 16.4 Å². The highest BCUT2D eigenvalue weighted by Crippen LogP contribution is 2.44. The Kier molecular flexibility index (Phi) is 5.83. The van der Waals surface area contributed by atoms with Crippen LogP contribution in [0.15, 0.2) is 58.4 Å². The molecule has 156 valence electrons. The van der Waals surface area contributed by atoms with Crippen molar-refractivity contribution < 1.29 is 18.3 Å². The van der Waals surface area contributed by atoms with Gasteiger partial charge in [-0.15, -0.1) is 0 Å². The number of aliphatic hydroxyl groups excluding tert-OH is 1. The molecule has 9 heteroatoms. The third-order valence-electron chi connectivity index (χ3n) is 4.83. The fourth-order valence-corrected chi connectivity index (χ4v) is 4.50. The van der Waals surface area contributed by atoms with Gasteiger partial charge in [0.15, 0.2) is 5.96 Å². The van der Waals surface area contributed by atoms with Gasteiger partial charge >= 0.3 is 0 Å². The molecule has 0 bridgehead atoms. The molecule has 8 nitrogen and oxygen atoms in total. The highest BCUT2D eigenvalue weighted by molar-refractivity contribution is 7.89. The van der Waals surface area contributed by atoms with Gasteiger partial charge < -0.3 is 21.3 Å². The minimum absolute atomic E-state index is 0.0150. The van der Waals surface area contributed by atoms with Crippen molar-refractivity contribution in [2.24, 2.45) is 16.5 Å². The summed E-state index contributed by atoms with van der Waals surface area (Å²) in [4.78, 5) is 4.09. The van der Waals surface area contributed by atoms with Crippen LogP contribution in [0.3, 0.4) is 0 Å². The third kappa shape index (κ3) is 4.52. The molecule has 3 rings (SSSR count). The number of ether oxygens (including phenoxy) is 1. The van der Waals surface area contributed by atoms with E-state index < -0.39 is 27.8 Å². The minimum atomic E-state index is -3.86. The predicted molar refractivity (Wildman–Crippen MR) is 111 cm³/mol. The Morgan fingerprint density at radius 2 is 1.86 bits per heavy atom. The van der Waals surface area contributed by atoms with E-state index in [1.54, 1.807) is 26.0 Å². The van der Waals surface area contributed by atoms with Crippen LogP contribution < -0.4 is 20.9 Å². The Morgan fingerprint density at radius 1 is 1.17 bits per heavy atom. The van der Waals surface area contributed by atoms with E-state index in [0.717, 1.165) is 5.56 Å². The van der Waals surface area contributed by atoms with Crippen LogP contribution in [0.25, 0.3) is 0 Å². The zero-order chi connectivity index (χ0) is 21.2. The molecule has 0 aliphatic carbocycles. The van der Waals surface area contributed by atoms with E-state index in [1.165, 1.54) is 6.07 Å². The molecule has 2 atom stereocenters. The van der Waals surface area contributed by atoms with Crippen molar-refractivity contribution in [2.45, 2.75) is 42.9 Å². The Balaban J connectivity index is 1.93. The third-order valence-corrected chi connectivity index (χ3v) is 6.32. The van der Waals surface area contributed by atoms with Crippen molar-refractivity contribution in [3.05, 3.63) is 59.7 Å². The zero-order valence-electron chi connectivity index (χ0n) is 16.4. The molecule has 0 fully saturated rings. The number of fused-ring (bicyclic) bond motifs is 1. The monoisotopic (exact) mass is 418 g/mol. The quantitative estimate of drug-likeness (QED) is 0.408. The first-order valence-electron chi connectivity index (χ1n) is 9.24. The summed E-state index contributed by atoms with van der Waals surface area (Å²) in [5.74, 6) is -0.0584. The molecule has 1 heterocycles. The van der Waals surface area contributed by atoms with Crippen LogP contribution in [0, 0.1) is 0 Å². The zero-order valence-corrected chi connectivity index (χ0v) is 17.2. The molecule has 0 radical (unpaired) electrons. The number of nitrogens with one attached hydrogen (secondary N) is 1. The summed E-state index contributed by atoms with van der Waals surface area (Å²) in [7, 11) is -3.86. The lowest BCUT2D eigenvalue weighted by Crippen LogP contribution is -2.49. The number of hydrogen-bond donors (Lipinski definition) is 4. The van der Waals surface area contributed by atoms with Crippen LogP contribution in [0.4, 0.5) is 0 Å². The Bertz CT molecular complexity index is 1000. The van der Waals surface area contributed by atoms with Crippen LogP contribution in [-0.4, -0.2) is 37.7 Å². The number of benzene rings is 2. The van der Waals surface area contributed by atoms with Crippen molar-refractivity contribution in [1.29, 1.82) is 0 Å². The molecule has 0 aromatic heterocycles. The van der Waals surface area contributed by atoms with Gasteiger partial charge in [-0.3, -0.25) is 0 Å². The second-order valence-electron chi connectivity index (χ2n) is 7.46. The number of aliphatic imine (C=N–C) groups is 1. The average molecular weight is 419 g/mol. The topological polar surface area (TPSA) is 140 Å². The molecule has 0 spiro atoms. The van der Waals surface area contributed by atoms with Gasteiger partial charge in [0.2, 0.25) is 10.0 Å². The van der Waals surface area contributed by atoms with Crippen molar-refractivity contribution in [2.75, 3.05) is 6.54 Å². The lowest BCUT2D eigenvalue weighted by molar-refractivity contribution is -0.0586. The summed E-state index contributed by atoms with van der Waals surface area (Å²) in [6.45, 7) is 3.55. The Morgan fingerprint density at radius 3 is 2.52 bits per heavy atom. The van der Waals surface area contributed by atoms with E-state index >= 15 is 0 Å². The predicted octanol–water partition coefficient (Wildman–Crippen LogP) is 1.05. The number of rotatable bonds is 6. The Labute approximate surface area is 170 Å². The fourth-order valence-electron chi connectivity index (χ4n) is 3.31. The van der Waals surface area contributed by atoms with Crippen LogP contribution in [0.1, 0.15) is 31.0 Å². The van der Waals surface area contributed by atoms with Gasteiger partial charge in [-0.05, 0) is 31.9 Å². The molecule has 0 amide bonds. The highest BCUT2D eigenvalue weighted by Gasteiger charge is 2.45. The highest BCUT2D eigenvalue weighted by atomic mass is 32.2. The largest absolute Gasteiger partial charge is 0.483 e. The molecule has 0 saturated carbocycles. The SMILES string of the molecule is CC1(C)Oc2c(cccc2S(=O)(=O)NCCc2ccccc2)C(N=C(N)N)C1O. The van der Waals surface area contributed by atoms with Crippen LogP contribution in [0.2, 0.25) is 0 Å². The van der Waals surface area contributed by atoms with Crippen LogP contribution >= 0.6 is 0 Å². The van der Waals surface area contributed by atoms with E-state index in [-0.39, 0.29) is 23.1 Å². The first-order valence-corrected chi connectivity index (χ1v) is 10.7. The molecule has 6 N–H and O–H groups in total. The van der Waals surface area contributed by atoms with Crippen molar-refractivity contribution in [1.82, 2.24) is 4.72 Å². The number of aliphatic hydroxyl groups is 1.